The lowest BCUT2D eigenvalue weighted by molar-refractivity contribution is 0.450. The van der Waals surface area contributed by atoms with Gasteiger partial charge in [0.25, 0.3) is 10.0 Å². The van der Waals surface area contributed by atoms with E-state index in [1.807, 2.05) is 13.1 Å². The van der Waals surface area contributed by atoms with Crippen LogP contribution in [0.2, 0.25) is 10.0 Å². The summed E-state index contributed by atoms with van der Waals surface area (Å²) < 4.78 is 42.4. The van der Waals surface area contributed by atoms with E-state index in [-0.39, 0.29) is 16.5 Å². The van der Waals surface area contributed by atoms with E-state index >= 15 is 0 Å². The quantitative estimate of drug-likeness (QED) is 0.383. The second kappa shape index (κ2) is 10.0. The summed E-state index contributed by atoms with van der Waals surface area (Å²) in [6.07, 6.45) is 2.10. The summed E-state index contributed by atoms with van der Waals surface area (Å²) in [5, 5.41) is 8.60. The standard InChI is InChI=1S/C21H22Cl2FN5O2S2/c1-25-14-3-2-6-29(10-14)19-7-13(22)4-5-17(19)27-18-9-16(24)20(8-15(18)23)33(30,31)28-21-11-32-12-26-21/h4-5,7-9,11-12,14,25,27-28H,2-3,6,10H2,1H3. The summed E-state index contributed by atoms with van der Waals surface area (Å²) in [7, 11) is -2.25. The minimum Gasteiger partial charge on any atom is -0.368 e. The molecule has 4 rings (SSSR count). The van der Waals surface area contributed by atoms with Crippen molar-refractivity contribution in [2.24, 2.45) is 0 Å². The summed E-state index contributed by atoms with van der Waals surface area (Å²) in [4.78, 5) is 5.51. The number of piperidine rings is 1. The van der Waals surface area contributed by atoms with Crippen LogP contribution in [-0.4, -0.2) is 39.6 Å². The number of benzene rings is 2. The minimum absolute atomic E-state index is 0.0581. The third-order valence-corrected chi connectivity index (χ3v) is 7.89. The Morgan fingerprint density at radius 2 is 2.03 bits per heavy atom. The number of aromatic nitrogens is 1. The monoisotopic (exact) mass is 529 g/mol. The van der Waals surface area contributed by atoms with Gasteiger partial charge in [0, 0.05) is 35.6 Å². The van der Waals surface area contributed by atoms with E-state index in [0.717, 1.165) is 43.8 Å². The number of likely N-dealkylation sites (N-methyl/N-ethyl adjacent to an activating group) is 1. The Kier molecular flexibility index (Phi) is 7.30. The Bertz CT molecular complexity index is 1240. The van der Waals surface area contributed by atoms with Crippen molar-refractivity contribution in [1.29, 1.82) is 0 Å². The number of nitrogens with zero attached hydrogens (tertiary/aromatic N) is 2. The summed E-state index contributed by atoms with van der Waals surface area (Å²) in [6, 6.07) is 7.88. The van der Waals surface area contributed by atoms with E-state index in [2.05, 4.69) is 25.2 Å². The zero-order valence-electron chi connectivity index (χ0n) is 17.6. The Labute approximate surface area is 206 Å². The first-order valence-corrected chi connectivity index (χ1v) is 13.3. The van der Waals surface area contributed by atoms with Crippen molar-refractivity contribution < 1.29 is 12.8 Å². The van der Waals surface area contributed by atoms with E-state index in [9.17, 15) is 12.8 Å². The van der Waals surface area contributed by atoms with Gasteiger partial charge in [-0.05, 0) is 44.2 Å². The van der Waals surface area contributed by atoms with Crippen molar-refractivity contribution >= 4 is 67.4 Å². The molecule has 1 fully saturated rings. The smallest absolute Gasteiger partial charge is 0.266 e. The van der Waals surface area contributed by atoms with Crippen molar-refractivity contribution in [1.82, 2.24) is 10.3 Å². The van der Waals surface area contributed by atoms with Gasteiger partial charge in [-0.2, -0.15) is 0 Å². The molecular formula is C21H22Cl2FN5O2S2. The molecule has 0 radical (unpaired) electrons. The third-order valence-electron chi connectivity index (χ3n) is 5.38. The fourth-order valence-corrected chi connectivity index (χ4v) is 5.82. The highest BCUT2D eigenvalue weighted by Crippen LogP contribution is 2.37. The van der Waals surface area contributed by atoms with Crippen molar-refractivity contribution in [3.8, 4) is 0 Å². The van der Waals surface area contributed by atoms with Gasteiger partial charge in [0.2, 0.25) is 0 Å². The fraction of sp³-hybridized carbons (Fsp3) is 0.286. The van der Waals surface area contributed by atoms with Crippen LogP contribution in [0.5, 0.6) is 0 Å². The van der Waals surface area contributed by atoms with Gasteiger partial charge in [-0.3, -0.25) is 4.72 Å². The zero-order valence-corrected chi connectivity index (χ0v) is 20.8. The van der Waals surface area contributed by atoms with E-state index in [1.54, 1.807) is 12.1 Å². The van der Waals surface area contributed by atoms with E-state index < -0.39 is 20.7 Å². The Hall–Kier alpha value is -2.11. The van der Waals surface area contributed by atoms with Crippen LogP contribution in [0.4, 0.5) is 27.3 Å². The van der Waals surface area contributed by atoms with Crippen molar-refractivity contribution in [2.75, 3.05) is 35.1 Å². The number of halogens is 3. The maximum absolute atomic E-state index is 14.9. The maximum Gasteiger partial charge on any atom is 0.266 e. The lowest BCUT2D eigenvalue weighted by Gasteiger charge is -2.35. The molecule has 12 heteroatoms. The first-order valence-electron chi connectivity index (χ1n) is 10.2. The van der Waals surface area contributed by atoms with Gasteiger partial charge in [-0.15, -0.1) is 11.3 Å². The molecule has 3 aromatic rings. The lowest BCUT2D eigenvalue weighted by Crippen LogP contribution is -2.44. The van der Waals surface area contributed by atoms with Crippen LogP contribution in [0.1, 0.15) is 12.8 Å². The molecule has 33 heavy (non-hydrogen) atoms. The average Bonchev–Trinajstić information content (AvgIpc) is 3.29. The Balaban J connectivity index is 1.63. The van der Waals surface area contributed by atoms with Crippen LogP contribution < -0.4 is 20.3 Å². The zero-order chi connectivity index (χ0) is 23.6. The van der Waals surface area contributed by atoms with Gasteiger partial charge in [0.05, 0.1) is 27.6 Å². The van der Waals surface area contributed by atoms with E-state index in [0.29, 0.717) is 16.8 Å². The molecule has 1 aliphatic heterocycles. The summed E-state index contributed by atoms with van der Waals surface area (Å²) in [6.45, 7) is 1.65. The maximum atomic E-state index is 14.9. The highest BCUT2D eigenvalue weighted by molar-refractivity contribution is 7.92. The van der Waals surface area contributed by atoms with E-state index in [4.69, 9.17) is 23.2 Å². The topological polar surface area (TPSA) is 86.4 Å². The highest BCUT2D eigenvalue weighted by Gasteiger charge is 2.24. The fourth-order valence-electron chi connectivity index (χ4n) is 3.73. The molecule has 1 aliphatic rings. The molecule has 0 bridgehead atoms. The minimum atomic E-state index is -4.19. The van der Waals surface area contributed by atoms with Gasteiger partial charge in [0.15, 0.2) is 5.82 Å². The highest BCUT2D eigenvalue weighted by atomic mass is 35.5. The molecule has 1 saturated heterocycles. The van der Waals surface area contributed by atoms with Gasteiger partial charge in [-0.25, -0.2) is 17.8 Å². The molecule has 0 saturated carbocycles. The normalized spacial score (nSPS) is 16.6. The second-order valence-electron chi connectivity index (χ2n) is 7.60. The van der Waals surface area contributed by atoms with Crippen molar-refractivity contribution in [3.05, 3.63) is 57.1 Å². The lowest BCUT2D eigenvalue weighted by atomic mass is 10.0. The molecular weight excluding hydrogens is 508 g/mol. The number of hydrogen-bond acceptors (Lipinski definition) is 7. The molecule has 2 heterocycles. The first-order chi connectivity index (χ1) is 15.8. The molecule has 1 aromatic heterocycles. The van der Waals surface area contributed by atoms with Crippen molar-refractivity contribution in [2.45, 2.75) is 23.8 Å². The van der Waals surface area contributed by atoms with Crippen molar-refractivity contribution in [3.63, 3.8) is 0 Å². The number of sulfonamides is 1. The average molecular weight is 530 g/mol. The van der Waals surface area contributed by atoms with Crippen LogP contribution >= 0.6 is 34.5 Å². The Morgan fingerprint density at radius 1 is 1.21 bits per heavy atom. The van der Waals surface area contributed by atoms with Gasteiger partial charge in [-0.1, -0.05) is 23.2 Å². The molecule has 1 unspecified atom stereocenters. The predicted molar refractivity (Wildman–Crippen MR) is 133 cm³/mol. The summed E-state index contributed by atoms with van der Waals surface area (Å²) >= 11 is 13.8. The largest absolute Gasteiger partial charge is 0.368 e. The molecule has 0 aliphatic carbocycles. The number of thiazole rings is 1. The molecule has 2 aromatic carbocycles. The van der Waals surface area contributed by atoms with Crippen LogP contribution in [0.25, 0.3) is 0 Å². The third kappa shape index (κ3) is 5.52. The number of nitrogens with one attached hydrogen (secondary N) is 3. The molecule has 3 N–H and O–H groups in total. The van der Waals surface area contributed by atoms with Gasteiger partial charge in [0.1, 0.15) is 10.7 Å². The number of anilines is 4. The number of rotatable bonds is 7. The van der Waals surface area contributed by atoms with E-state index in [1.165, 1.54) is 22.2 Å². The molecule has 1 atom stereocenters. The van der Waals surface area contributed by atoms with Gasteiger partial charge >= 0.3 is 0 Å². The summed E-state index contributed by atoms with van der Waals surface area (Å²) in [5.74, 6) is -0.821. The molecule has 0 amide bonds. The first kappa shape index (κ1) is 24.0. The van der Waals surface area contributed by atoms with Crippen LogP contribution in [0.15, 0.2) is 46.1 Å². The second-order valence-corrected chi connectivity index (χ2v) is 10.8. The SMILES string of the molecule is CNC1CCCN(c2cc(Cl)ccc2Nc2cc(F)c(S(=O)(=O)Nc3cscn3)cc2Cl)C1. The Morgan fingerprint density at radius 3 is 2.76 bits per heavy atom. The molecule has 7 nitrogen and oxygen atoms in total. The predicted octanol–water partition coefficient (Wildman–Crippen LogP) is 5.32. The van der Waals surface area contributed by atoms with Crippen LogP contribution in [0.3, 0.4) is 0 Å². The van der Waals surface area contributed by atoms with Gasteiger partial charge < -0.3 is 15.5 Å². The summed E-state index contributed by atoms with van der Waals surface area (Å²) in [5.41, 5.74) is 3.26. The van der Waals surface area contributed by atoms with Crippen LogP contribution in [-0.2, 0) is 10.0 Å². The molecule has 0 spiro atoms. The van der Waals surface area contributed by atoms with Crippen LogP contribution in [0, 0.1) is 5.82 Å². The number of hydrogen-bond donors (Lipinski definition) is 3. The molecule has 176 valence electrons.